The van der Waals surface area contributed by atoms with E-state index in [0.717, 1.165) is 34.9 Å². The van der Waals surface area contributed by atoms with Gasteiger partial charge in [-0.15, -0.1) is 0 Å². The van der Waals surface area contributed by atoms with E-state index in [2.05, 4.69) is 34.0 Å². The van der Waals surface area contributed by atoms with Gasteiger partial charge < -0.3 is 5.32 Å². The van der Waals surface area contributed by atoms with Gasteiger partial charge in [-0.25, -0.2) is 0 Å². The van der Waals surface area contributed by atoms with Gasteiger partial charge >= 0.3 is 0 Å². The second-order valence-electron chi connectivity index (χ2n) is 5.07. The molecular weight excluding hydrogens is 351 g/mol. The van der Waals surface area contributed by atoms with Gasteiger partial charge in [0.25, 0.3) is 0 Å². The fourth-order valence-corrected chi connectivity index (χ4v) is 2.87. The van der Waals surface area contributed by atoms with Crippen molar-refractivity contribution in [2.45, 2.75) is 38.5 Å². The average molecular weight is 368 g/mol. The zero-order valence-corrected chi connectivity index (χ0v) is 12.9. The number of anilines is 1. The van der Waals surface area contributed by atoms with Crippen molar-refractivity contribution in [2.75, 3.05) is 5.32 Å². The highest BCUT2D eigenvalue weighted by atomic mass is 127. The molecule has 3 nitrogen and oxygen atoms in total. The van der Waals surface area contributed by atoms with Crippen molar-refractivity contribution in [3.8, 4) is 6.07 Å². The summed E-state index contributed by atoms with van der Waals surface area (Å²) in [7, 11) is 0. The SMILES string of the molecule is N#CC1(C(=O)Nc2ccc(I)cc2)CCCCCC1. The number of carbonyl (C=O) groups is 1. The number of carbonyl (C=O) groups excluding carboxylic acids is 1. The first-order valence-electron chi connectivity index (χ1n) is 6.65. The monoisotopic (exact) mass is 368 g/mol. The summed E-state index contributed by atoms with van der Waals surface area (Å²) in [5.74, 6) is -0.141. The molecule has 1 saturated carbocycles. The third-order valence-corrected chi connectivity index (χ3v) is 4.43. The van der Waals surface area contributed by atoms with Gasteiger partial charge in [-0.1, -0.05) is 25.7 Å². The molecule has 1 aromatic carbocycles. The number of amides is 1. The second kappa shape index (κ2) is 6.38. The fourth-order valence-electron chi connectivity index (χ4n) is 2.51. The number of hydrogen-bond acceptors (Lipinski definition) is 2. The van der Waals surface area contributed by atoms with Crippen LogP contribution in [0.25, 0.3) is 0 Å². The molecule has 0 aromatic heterocycles. The van der Waals surface area contributed by atoms with Gasteiger partial charge in [-0.3, -0.25) is 4.79 Å². The normalized spacial score (nSPS) is 18.1. The Kier molecular flexibility index (Phi) is 4.81. The second-order valence-corrected chi connectivity index (χ2v) is 6.31. The van der Waals surface area contributed by atoms with E-state index in [1.54, 1.807) is 0 Å². The van der Waals surface area contributed by atoms with Crippen LogP contribution in [0.3, 0.4) is 0 Å². The molecule has 0 spiro atoms. The Morgan fingerprint density at radius 1 is 1.16 bits per heavy atom. The van der Waals surface area contributed by atoms with E-state index in [1.165, 1.54) is 0 Å². The molecule has 0 heterocycles. The van der Waals surface area contributed by atoms with E-state index >= 15 is 0 Å². The van der Waals surface area contributed by atoms with Crippen LogP contribution in [0.4, 0.5) is 5.69 Å². The van der Waals surface area contributed by atoms with Gasteiger partial charge in [-0.05, 0) is 59.7 Å². The standard InChI is InChI=1S/C15H17IN2O/c16-12-5-7-13(8-6-12)18-14(19)15(11-17)9-3-1-2-4-10-15/h5-8H,1-4,9-10H2,(H,18,19). The van der Waals surface area contributed by atoms with Crippen molar-refractivity contribution in [1.29, 1.82) is 5.26 Å². The largest absolute Gasteiger partial charge is 0.325 e. The third-order valence-electron chi connectivity index (χ3n) is 3.71. The van der Waals surface area contributed by atoms with Gasteiger partial charge in [0, 0.05) is 9.26 Å². The van der Waals surface area contributed by atoms with E-state index in [-0.39, 0.29) is 5.91 Å². The summed E-state index contributed by atoms with van der Waals surface area (Å²) < 4.78 is 1.13. The van der Waals surface area contributed by atoms with Crippen LogP contribution in [0.15, 0.2) is 24.3 Å². The smallest absolute Gasteiger partial charge is 0.244 e. The van der Waals surface area contributed by atoms with Gasteiger partial charge in [0.05, 0.1) is 6.07 Å². The molecule has 100 valence electrons. The lowest BCUT2D eigenvalue weighted by atomic mass is 9.81. The van der Waals surface area contributed by atoms with Crippen LogP contribution >= 0.6 is 22.6 Å². The number of halogens is 1. The van der Waals surface area contributed by atoms with Gasteiger partial charge in [0.15, 0.2) is 0 Å². The lowest BCUT2D eigenvalue weighted by molar-refractivity contribution is -0.123. The molecule has 0 radical (unpaired) electrons. The van der Waals surface area contributed by atoms with Crippen LogP contribution < -0.4 is 5.32 Å². The Balaban J connectivity index is 2.12. The summed E-state index contributed by atoms with van der Waals surface area (Å²) in [6, 6.07) is 9.92. The number of nitrogens with zero attached hydrogens (tertiary/aromatic N) is 1. The maximum absolute atomic E-state index is 12.4. The molecule has 1 N–H and O–H groups in total. The zero-order valence-electron chi connectivity index (χ0n) is 10.8. The maximum Gasteiger partial charge on any atom is 0.244 e. The highest BCUT2D eigenvalue weighted by Gasteiger charge is 2.38. The quantitative estimate of drug-likeness (QED) is 0.631. The maximum atomic E-state index is 12.4. The van der Waals surface area contributed by atoms with Crippen molar-refractivity contribution in [1.82, 2.24) is 0 Å². The first-order chi connectivity index (χ1) is 9.16. The first-order valence-corrected chi connectivity index (χ1v) is 7.72. The highest BCUT2D eigenvalue weighted by molar-refractivity contribution is 14.1. The highest BCUT2D eigenvalue weighted by Crippen LogP contribution is 2.35. The van der Waals surface area contributed by atoms with Crippen molar-refractivity contribution in [2.24, 2.45) is 5.41 Å². The predicted molar refractivity (Wildman–Crippen MR) is 83.5 cm³/mol. The predicted octanol–water partition coefficient (Wildman–Crippen LogP) is 4.09. The summed E-state index contributed by atoms with van der Waals surface area (Å²) >= 11 is 2.22. The van der Waals surface area contributed by atoms with Gasteiger partial charge in [0.2, 0.25) is 5.91 Å². The van der Waals surface area contributed by atoms with Crippen LogP contribution in [-0.4, -0.2) is 5.91 Å². The Morgan fingerprint density at radius 2 is 1.74 bits per heavy atom. The van der Waals surface area contributed by atoms with E-state index in [1.807, 2.05) is 24.3 Å². The molecule has 1 aliphatic carbocycles. The van der Waals surface area contributed by atoms with E-state index in [9.17, 15) is 10.1 Å². The molecule has 19 heavy (non-hydrogen) atoms. The molecule has 2 rings (SSSR count). The minimum absolute atomic E-state index is 0.141. The Morgan fingerprint density at radius 3 is 2.26 bits per heavy atom. The van der Waals surface area contributed by atoms with Crippen LogP contribution in [-0.2, 0) is 4.79 Å². The first kappa shape index (κ1) is 14.3. The van der Waals surface area contributed by atoms with Crippen LogP contribution in [0.1, 0.15) is 38.5 Å². The van der Waals surface area contributed by atoms with E-state index in [4.69, 9.17) is 0 Å². The topological polar surface area (TPSA) is 52.9 Å². The van der Waals surface area contributed by atoms with Crippen molar-refractivity contribution in [3.05, 3.63) is 27.8 Å². The zero-order chi connectivity index (χ0) is 13.7. The van der Waals surface area contributed by atoms with Crippen molar-refractivity contribution >= 4 is 34.2 Å². The molecule has 0 bridgehead atoms. The number of rotatable bonds is 2. The molecule has 0 unspecified atom stereocenters. The van der Waals surface area contributed by atoms with Gasteiger partial charge in [-0.2, -0.15) is 5.26 Å². The summed E-state index contributed by atoms with van der Waals surface area (Å²) in [4.78, 5) is 12.4. The molecular formula is C15H17IN2O. The van der Waals surface area contributed by atoms with E-state index < -0.39 is 5.41 Å². The number of benzene rings is 1. The molecule has 1 amide bonds. The Bertz CT molecular complexity index is 482. The van der Waals surface area contributed by atoms with E-state index in [0.29, 0.717) is 12.8 Å². The molecule has 1 aliphatic rings. The molecule has 1 fully saturated rings. The minimum Gasteiger partial charge on any atom is -0.325 e. The van der Waals surface area contributed by atoms with Crippen molar-refractivity contribution < 1.29 is 4.79 Å². The molecule has 0 atom stereocenters. The number of hydrogen-bond donors (Lipinski definition) is 1. The lowest BCUT2D eigenvalue weighted by Crippen LogP contribution is -2.34. The third kappa shape index (κ3) is 3.47. The Hall–Kier alpha value is -1.09. The number of nitrogens with one attached hydrogen (secondary N) is 1. The average Bonchev–Trinajstić information content (AvgIpc) is 2.67. The van der Waals surface area contributed by atoms with Crippen LogP contribution in [0.5, 0.6) is 0 Å². The van der Waals surface area contributed by atoms with Gasteiger partial charge in [0.1, 0.15) is 5.41 Å². The summed E-state index contributed by atoms with van der Waals surface area (Å²) in [6.45, 7) is 0. The molecule has 4 heteroatoms. The lowest BCUT2D eigenvalue weighted by Gasteiger charge is -2.23. The molecule has 0 saturated heterocycles. The number of nitriles is 1. The van der Waals surface area contributed by atoms with Crippen LogP contribution in [0.2, 0.25) is 0 Å². The van der Waals surface area contributed by atoms with Crippen LogP contribution in [0, 0.1) is 20.3 Å². The fraction of sp³-hybridized carbons (Fsp3) is 0.467. The van der Waals surface area contributed by atoms with Crippen molar-refractivity contribution in [3.63, 3.8) is 0 Å². The summed E-state index contributed by atoms with van der Waals surface area (Å²) in [6.07, 6.45) is 5.54. The Labute approximate surface area is 127 Å². The summed E-state index contributed by atoms with van der Waals surface area (Å²) in [5.41, 5.74) is -0.0660. The minimum atomic E-state index is -0.834. The molecule has 0 aliphatic heterocycles. The summed E-state index contributed by atoms with van der Waals surface area (Å²) in [5, 5.41) is 12.3. The molecule has 1 aromatic rings.